The van der Waals surface area contributed by atoms with Gasteiger partial charge in [0, 0.05) is 17.6 Å². The highest BCUT2D eigenvalue weighted by Crippen LogP contribution is 2.35. The van der Waals surface area contributed by atoms with E-state index in [2.05, 4.69) is 27.5 Å². The Labute approximate surface area is 173 Å². The Kier molecular flexibility index (Phi) is 6.76. The van der Waals surface area contributed by atoms with Crippen LogP contribution < -0.4 is 15.4 Å². The first kappa shape index (κ1) is 21.4. The maximum absolute atomic E-state index is 13.4. The topological polar surface area (TPSA) is 59.1 Å². The minimum absolute atomic E-state index is 0.0535. The van der Waals surface area contributed by atoms with Crippen LogP contribution in [-0.4, -0.2) is 16.6 Å². The number of halogens is 3. The summed E-state index contributed by atoms with van der Waals surface area (Å²) in [4.78, 5) is 7.89. The van der Waals surface area contributed by atoms with Crippen LogP contribution in [0.15, 0.2) is 54.7 Å². The van der Waals surface area contributed by atoms with Crippen LogP contribution >= 0.6 is 0 Å². The molecule has 3 aromatic rings. The summed E-state index contributed by atoms with van der Waals surface area (Å²) in [7, 11) is 0. The molecular weight excluding hydrogens is 393 g/mol. The Hall–Kier alpha value is -3.29. The zero-order valence-electron chi connectivity index (χ0n) is 16.8. The normalized spacial score (nSPS) is 11.2. The molecule has 158 valence electrons. The number of hydrogen-bond acceptors (Lipinski definition) is 5. The van der Waals surface area contributed by atoms with Crippen LogP contribution in [0.5, 0.6) is 5.75 Å². The van der Waals surface area contributed by atoms with Gasteiger partial charge in [-0.2, -0.15) is 18.2 Å². The predicted octanol–water partition coefficient (Wildman–Crippen LogP) is 6.47. The maximum Gasteiger partial charge on any atom is 0.421 e. The third-order valence-corrected chi connectivity index (χ3v) is 4.25. The van der Waals surface area contributed by atoms with Crippen molar-refractivity contribution in [2.75, 3.05) is 17.2 Å². The van der Waals surface area contributed by atoms with Gasteiger partial charge < -0.3 is 15.4 Å². The lowest BCUT2D eigenvalue weighted by molar-refractivity contribution is -0.137. The summed E-state index contributed by atoms with van der Waals surface area (Å²) in [5, 5.41) is 5.68. The molecule has 0 saturated carbocycles. The molecule has 1 aromatic heterocycles. The minimum atomic E-state index is -4.58. The number of anilines is 4. The molecule has 0 unspecified atom stereocenters. The number of ether oxygens (including phenoxy) is 1. The first-order chi connectivity index (χ1) is 14.3. The number of rotatable bonds is 8. The largest absolute Gasteiger partial charge is 0.494 e. The van der Waals surface area contributed by atoms with Gasteiger partial charge in [0.15, 0.2) is 0 Å². The minimum Gasteiger partial charge on any atom is -0.494 e. The Morgan fingerprint density at radius 1 is 1.00 bits per heavy atom. The number of aryl methyl sites for hydroxylation is 1. The van der Waals surface area contributed by atoms with E-state index in [0.717, 1.165) is 30.4 Å². The van der Waals surface area contributed by atoms with Crippen LogP contribution in [0.3, 0.4) is 0 Å². The standard InChI is InChI=1S/C22H23F3N4O/c1-3-4-12-30-18-10-8-16(9-11-18)28-21-26-14-19(22(23,24)25)20(29-21)27-17-7-5-6-15(2)13-17/h5-11,13-14H,3-4,12H2,1-2H3,(H2,26,27,28,29). The van der Waals surface area contributed by atoms with Gasteiger partial charge in [-0.05, 0) is 55.3 Å². The second-order valence-electron chi connectivity index (χ2n) is 6.80. The van der Waals surface area contributed by atoms with Gasteiger partial charge in [-0.3, -0.25) is 0 Å². The number of alkyl halides is 3. The van der Waals surface area contributed by atoms with Crippen molar-refractivity contribution in [2.24, 2.45) is 0 Å². The molecule has 0 aliphatic carbocycles. The second-order valence-corrected chi connectivity index (χ2v) is 6.80. The van der Waals surface area contributed by atoms with Gasteiger partial charge in [-0.1, -0.05) is 25.5 Å². The second kappa shape index (κ2) is 9.47. The number of benzene rings is 2. The van der Waals surface area contributed by atoms with Crippen molar-refractivity contribution in [1.29, 1.82) is 0 Å². The lowest BCUT2D eigenvalue weighted by Gasteiger charge is -2.15. The number of unbranched alkanes of at least 4 members (excludes halogenated alkanes) is 1. The number of hydrogen-bond donors (Lipinski definition) is 2. The van der Waals surface area contributed by atoms with Crippen LogP contribution in [0.2, 0.25) is 0 Å². The van der Waals surface area contributed by atoms with Gasteiger partial charge >= 0.3 is 6.18 Å². The highest BCUT2D eigenvalue weighted by molar-refractivity contribution is 5.63. The molecule has 2 aromatic carbocycles. The summed E-state index contributed by atoms with van der Waals surface area (Å²) in [6, 6.07) is 14.1. The molecule has 0 saturated heterocycles. The Morgan fingerprint density at radius 2 is 1.77 bits per heavy atom. The molecule has 0 bridgehead atoms. The van der Waals surface area contributed by atoms with Gasteiger partial charge in [0.1, 0.15) is 17.1 Å². The molecule has 0 radical (unpaired) electrons. The lowest BCUT2D eigenvalue weighted by atomic mass is 10.2. The van der Waals surface area contributed by atoms with Crippen LogP contribution in [0.4, 0.5) is 36.3 Å². The molecule has 0 atom stereocenters. The summed E-state index contributed by atoms with van der Waals surface area (Å²) < 4.78 is 45.8. The van der Waals surface area contributed by atoms with Crippen LogP contribution in [-0.2, 0) is 6.18 Å². The Morgan fingerprint density at radius 3 is 2.43 bits per heavy atom. The first-order valence-corrected chi connectivity index (χ1v) is 9.63. The maximum atomic E-state index is 13.4. The molecule has 0 aliphatic heterocycles. The van der Waals surface area contributed by atoms with Gasteiger partial charge in [-0.15, -0.1) is 0 Å². The summed E-state index contributed by atoms with van der Waals surface area (Å²) in [6.45, 7) is 4.58. The SMILES string of the molecule is CCCCOc1ccc(Nc2ncc(C(F)(F)F)c(Nc3cccc(C)c3)n2)cc1. The third-order valence-electron chi connectivity index (χ3n) is 4.25. The number of aromatic nitrogens is 2. The van der Waals surface area contributed by atoms with Gasteiger partial charge in [-0.25, -0.2) is 4.98 Å². The highest BCUT2D eigenvalue weighted by atomic mass is 19.4. The van der Waals surface area contributed by atoms with Gasteiger partial charge in [0.05, 0.1) is 6.61 Å². The van der Waals surface area contributed by atoms with Crippen molar-refractivity contribution in [3.8, 4) is 5.75 Å². The smallest absolute Gasteiger partial charge is 0.421 e. The fraction of sp³-hybridized carbons (Fsp3) is 0.273. The van der Waals surface area contributed by atoms with Crippen molar-refractivity contribution < 1.29 is 17.9 Å². The average molecular weight is 416 g/mol. The van der Waals surface area contributed by atoms with Crippen LogP contribution in [0.1, 0.15) is 30.9 Å². The van der Waals surface area contributed by atoms with E-state index in [-0.39, 0.29) is 11.8 Å². The zero-order chi connectivity index (χ0) is 21.6. The molecule has 0 aliphatic rings. The highest BCUT2D eigenvalue weighted by Gasteiger charge is 2.35. The van der Waals surface area contributed by atoms with Crippen molar-refractivity contribution in [3.05, 3.63) is 65.9 Å². The molecule has 8 heteroatoms. The zero-order valence-corrected chi connectivity index (χ0v) is 16.8. The van der Waals surface area contributed by atoms with E-state index in [9.17, 15) is 13.2 Å². The molecule has 3 rings (SSSR count). The van der Waals surface area contributed by atoms with E-state index in [1.807, 2.05) is 13.0 Å². The van der Waals surface area contributed by atoms with E-state index in [1.54, 1.807) is 42.5 Å². The van der Waals surface area contributed by atoms with Crippen molar-refractivity contribution in [1.82, 2.24) is 9.97 Å². The average Bonchev–Trinajstić information content (AvgIpc) is 2.69. The van der Waals surface area contributed by atoms with E-state index >= 15 is 0 Å². The lowest BCUT2D eigenvalue weighted by Crippen LogP contribution is -2.12. The number of nitrogens with zero attached hydrogens (tertiary/aromatic N) is 2. The first-order valence-electron chi connectivity index (χ1n) is 9.63. The molecular formula is C22H23F3N4O. The summed E-state index contributed by atoms with van der Waals surface area (Å²) in [5.41, 5.74) is 1.13. The summed E-state index contributed by atoms with van der Waals surface area (Å²) >= 11 is 0. The van der Waals surface area contributed by atoms with Crippen molar-refractivity contribution in [3.63, 3.8) is 0 Å². The van der Waals surface area contributed by atoms with E-state index in [1.165, 1.54) is 0 Å². The Bertz CT molecular complexity index is 975. The third kappa shape index (κ3) is 5.85. The molecule has 0 spiro atoms. The molecule has 0 amide bonds. The van der Waals surface area contributed by atoms with E-state index < -0.39 is 11.7 Å². The van der Waals surface area contributed by atoms with Crippen LogP contribution in [0, 0.1) is 6.92 Å². The van der Waals surface area contributed by atoms with Crippen molar-refractivity contribution >= 4 is 23.1 Å². The molecule has 5 nitrogen and oxygen atoms in total. The predicted molar refractivity (Wildman–Crippen MR) is 112 cm³/mol. The monoisotopic (exact) mass is 416 g/mol. The summed E-state index contributed by atoms with van der Waals surface area (Å²) in [6.07, 6.45) is -1.79. The van der Waals surface area contributed by atoms with Gasteiger partial charge in [0.2, 0.25) is 5.95 Å². The molecule has 0 fully saturated rings. The fourth-order valence-corrected chi connectivity index (χ4v) is 2.70. The number of nitrogens with one attached hydrogen (secondary N) is 2. The van der Waals surface area contributed by atoms with E-state index in [4.69, 9.17) is 4.74 Å². The molecule has 30 heavy (non-hydrogen) atoms. The molecule has 2 N–H and O–H groups in total. The fourth-order valence-electron chi connectivity index (χ4n) is 2.70. The van der Waals surface area contributed by atoms with E-state index in [0.29, 0.717) is 18.0 Å². The van der Waals surface area contributed by atoms with Crippen LogP contribution in [0.25, 0.3) is 0 Å². The summed E-state index contributed by atoms with van der Waals surface area (Å²) in [5.74, 6) is 0.465. The van der Waals surface area contributed by atoms with Gasteiger partial charge in [0.25, 0.3) is 0 Å². The quantitative estimate of drug-likeness (QED) is 0.412. The Balaban J connectivity index is 1.80. The molecule has 1 heterocycles. The van der Waals surface area contributed by atoms with Crippen molar-refractivity contribution in [2.45, 2.75) is 32.9 Å².